The summed E-state index contributed by atoms with van der Waals surface area (Å²) in [6, 6.07) is 15.5. The number of hydrogen-bond donors (Lipinski definition) is 2. The maximum absolute atomic E-state index is 9.47. The van der Waals surface area contributed by atoms with Crippen molar-refractivity contribution >= 4 is 43.6 Å². The largest absolute Gasteiger partial charge is 0.491 e. The average Bonchev–Trinajstić information content (AvgIpc) is 2.66. The maximum atomic E-state index is 9.47. The molecule has 2 unspecified atom stereocenters. The van der Waals surface area contributed by atoms with Crippen molar-refractivity contribution in [1.82, 2.24) is 0 Å². The van der Waals surface area contributed by atoms with Gasteiger partial charge in [-0.2, -0.15) is 0 Å². The van der Waals surface area contributed by atoms with E-state index in [-0.39, 0.29) is 13.2 Å². The molecule has 0 amide bonds. The molecule has 0 aliphatic carbocycles. The molecule has 2 N–H and O–H groups in total. The molecule has 0 heterocycles. The fourth-order valence-corrected chi connectivity index (χ4v) is 3.01. The first kappa shape index (κ1) is 20.6. The van der Waals surface area contributed by atoms with Crippen LogP contribution in [0.3, 0.4) is 0 Å². The van der Waals surface area contributed by atoms with Crippen molar-refractivity contribution in [2.24, 2.45) is 0 Å². The van der Waals surface area contributed by atoms with Crippen LogP contribution in [0.1, 0.15) is 0 Å². The highest BCUT2D eigenvalue weighted by atomic mass is 79.9. The van der Waals surface area contributed by atoms with Gasteiger partial charge in [0.2, 0.25) is 0 Å². The molecule has 25 heavy (non-hydrogen) atoms. The number of halogens is 2. The Kier molecular flexibility index (Phi) is 9.12. The lowest BCUT2D eigenvalue weighted by Gasteiger charge is -2.11. The van der Waals surface area contributed by atoms with Crippen LogP contribution in [0, 0.1) is 0 Å². The summed E-state index contributed by atoms with van der Waals surface area (Å²) in [7, 11) is 0. The van der Waals surface area contributed by atoms with Gasteiger partial charge in [-0.15, -0.1) is 0 Å². The van der Waals surface area contributed by atoms with Crippen LogP contribution in [0.4, 0.5) is 0 Å². The zero-order chi connectivity index (χ0) is 18.1. The molecule has 2 rings (SSSR count). The molecular weight excluding hydrogens is 472 g/mol. The molecule has 2 atom stereocenters. The summed E-state index contributed by atoms with van der Waals surface area (Å²) >= 11 is 8.05. The Morgan fingerprint density at radius 2 is 1.08 bits per heavy atom. The highest BCUT2D eigenvalue weighted by Gasteiger charge is 2.05. The Morgan fingerprint density at radius 3 is 1.40 bits per heavy atom. The lowest BCUT2D eigenvalue weighted by molar-refractivity contribution is 0.127. The SMILES string of the molecule is OC(CBr)COc1ccc(Sc2ccc(OCC(O)CBr)cc2)cc1. The van der Waals surface area contributed by atoms with Gasteiger partial charge in [-0.3, -0.25) is 0 Å². The van der Waals surface area contributed by atoms with Crippen LogP contribution >= 0.6 is 43.6 Å². The van der Waals surface area contributed by atoms with Crippen molar-refractivity contribution in [3.63, 3.8) is 0 Å². The quantitative estimate of drug-likeness (QED) is 0.490. The molecule has 0 radical (unpaired) electrons. The Morgan fingerprint density at radius 1 is 0.720 bits per heavy atom. The highest BCUT2D eigenvalue weighted by Crippen LogP contribution is 2.30. The normalized spacial score (nSPS) is 13.3. The molecule has 136 valence electrons. The van der Waals surface area contributed by atoms with Gasteiger partial charge in [0.15, 0.2) is 0 Å². The molecule has 0 saturated carbocycles. The molecule has 0 aromatic heterocycles. The summed E-state index contributed by atoms with van der Waals surface area (Å²) in [5, 5.41) is 19.9. The fraction of sp³-hybridized carbons (Fsp3) is 0.333. The number of ether oxygens (including phenoxy) is 2. The third-order valence-electron chi connectivity index (χ3n) is 3.12. The third kappa shape index (κ3) is 7.58. The second-order valence-corrected chi connectivity index (χ2v) is 7.73. The van der Waals surface area contributed by atoms with E-state index in [1.54, 1.807) is 11.8 Å². The van der Waals surface area contributed by atoms with E-state index in [0.29, 0.717) is 10.7 Å². The number of aliphatic hydroxyl groups is 2. The van der Waals surface area contributed by atoms with E-state index in [1.807, 2.05) is 48.5 Å². The Balaban J connectivity index is 1.85. The second kappa shape index (κ2) is 11.1. The van der Waals surface area contributed by atoms with Crippen molar-refractivity contribution in [2.75, 3.05) is 23.9 Å². The zero-order valence-electron chi connectivity index (χ0n) is 13.5. The minimum absolute atomic E-state index is 0.267. The zero-order valence-corrected chi connectivity index (χ0v) is 17.5. The van der Waals surface area contributed by atoms with Gasteiger partial charge in [-0.25, -0.2) is 0 Å². The van der Waals surface area contributed by atoms with Gasteiger partial charge in [0.25, 0.3) is 0 Å². The third-order valence-corrected chi connectivity index (χ3v) is 5.63. The summed E-state index contributed by atoms with van der Waals surface area (Å²) in [5.74, 6) is 1.47. The Bertz CT molecular complexity index is 566. The summed E-state index contributed by atoms with van der Waals surface area (Å²) in [5.41, 5.74) is 0. The van der Waals surface area contributed by atoms with E-state index >= 15 is 0 Å². The molecule has 0 spiro atoms. The molecule has 0 aliphatic rings. The molecule has 0 fully saturated rings. The minimum atomic E-state index is -0.509. The fourth-order valence-electron chi connectivity index (χ4n) is 1.82. The Hall–Kier alpha value is -0.730. The number of rotatable bonds is 10. The first-order valence-corrected chi connectivity index (χ1v) is 10.8. The van der Waals surface area contributed by atoms with E-state index < -0.39 is 12.2 Å². The smallest absolute Gasteiger partial charge is 0.119 e. The van der Waals surface area contributed by atoms with Gasteiger partial charge in [0.1, 0.15) is 24.7 Å². The predicted octanol–water partition coefficient (Wildman–Crippen LogP) is 4.11. The average molecular weight is 492 g/mol. The number of alkyl halides is 2. The van der Waals surface area contributed by atoms with Crippen LogP contribution in [-0.2, 0) is 0 Å². The minimum Gasteiger partial charge on any atom is -0.491 e. The molecule has 0 bridgehead atoms. The molecule has 7 heteroatoms. The van der Waals surface area contributed by atoms with E-state index in [4.69, 9.17) is 9.47 Å². The van der Waals surface area contributed by atoms with Crippen molar-refractivity contribution < 1.29 is 19.7 Å². The molecular formula is C18H20Br2O4S. The summed E-state index contributed by atoms with van der Waals surface area (Å²) in [6.45, 7) is 0.534. The van der Waals surface area contributed by atoms with Crippen LogP contribution in [0.2, 0.25) is 0 Å². The monoisotopic (exact) mass is 490 g/mol. The van der Waals surface area contributed by atoms with Gasteiger partial charge in [0.05, 0.1) is 12.2 Å². The summed E-state index contributed by atoms with van der Waals surface area (Å²) < 4.78 is 11.0. The standard InChI is InChI=1S/C18H20Br2O4S/c19-9-13(21)11-23-15-1-5-17(6-2-15)25-18-7-3-16(4-8-18)24-12-14(22)10-20/h1-8,13-14,21-22H,9-12H2. The lowest BCUT2D eigenvalue weighted by atomic mass is 10.3. The Labute approximate surface area is 168 Å². The van der Waals surface area contributed by atoms with Gasteiger partial charge >= 0.3 is 0 Å². The molecule has 0 saturated heterocycles. The topological polar surface area (TPSA) is 58.9 Å². The van der Waals surface area contributed by atoms with E-state index in [9.17, 15) is 10.2 Å². The number of hydrogen-bond acceptors (Lipinski definition) is 5. The van der Waals surface area contributed by atoms with Crippen LogP contribution < -0.4 is 9.47 Å². The number of benzene rings is 2. The molecule has 0 aliphatic heterocycles. The van der Waals surface area contributed by atoms with Gasteiger partial charge in [-0.1, -0.05) is 43.6 Å². The van der Waals surface area contributed by atoms with E-state index in [1.165, 1.54) is 0 Å². The highest BCUT2D eigenvalue weighted by molar-refractivity contribution is 9.09. The second-order valence-electron chi connectivity index (χ2n) is 5.28. The van der Waals surface area contributed by atoms with Crippen molar-refractivity contribution in [3.8, 4) is 11.5 Å². The maximum Gasteiger partial charge on any atom is 0.119 e. The molecule has 2 aromatic carbocycles. The van der Waals surface area contributed by atoms with Crippen LogP contribution in [-0.4, -0.2) is 46.3 Å². The lowest BCUT2D eigenvalue weighted by Crippen LogP contribution is -2.18. The first-order chi connectivity index (χ1) is 12.1. The van der Waals surface area contributed by atoms with Crippen molar-refractivity contribution in [1.29, 1.82) is 0 Å². The van der Waals surface area contributed by atoms with Crippen molar-refractivity contribution in [3.05, 3.63) is 48.5 Å². The van der Waals surface area contributed by atoms with E-state index in [0.717, 1.165) is 21.3 Å². The molecule has 2 aromatic rings. The molecule has 4 nitrogen and oxygen atoms in total. The van der Waals surface area contributed by atoms with Gasteiger partial charge < -0.3 is 19.7 Å². The first-order valence-electron chi connectivity index (χ1n) is 7.72. The van der Waals surface area contributed by atoms with Gasteiger partial charge in [0, 0.05) is 20.5 Å². The summed E-state index contributed by atoms with van der Waals surface area (Å²) in [6.07, 6.45) is -1.02. The summed E-state index contributed by atoms with van der Waals surface area (Å²) in [4.78, 5) is 2.19. The van der Waals surface area contributed by atoms with Crippen LogP contribution in [0.25, 0.3) is 0 Å². The van der Waals surface area contributed by atoms with Crippen molar-refractivity contribution in [2.45, 2.75) is 22.0 Å². The predicted molar refractivity (Wildman–Crippen MR) is 108 cm³/mol. The van der Waals surface area contributed by atoms with Gasteiger partial charge in [-0.05, 0) is 48.5 Å². The van der Waals surface area contributed by atoms with Crippen LogP contribution in [0.15, 0.2) is 58.3 Å². The van der Waals surface area contributed by atoms with Crippen LogP contribution in [0.5, 0.6) is 11.5 Å². The number of aliphatic hydroxyl groups excluding tert-OH is 2. The van der Waals surface area contributed by atoms with E-state index in [2.05, 4.69) is 31.9 Å².